The molecule has 1 aromatic heterocycles. The molecule has 0 aliphatic carbocycles. The molecule has 19 heavy (non-hydrogen) atoms. The van der Waals surface area contributed by atoms with Gasteiger partial charge in [-0.2, -0.15) is 0 Å². The van der Waals surface area contributed by atoms with Crippen LogP contribution in [0.2, 0.25) is 0 Å². The predicted octanol–water partition coefficient (Wildman–Crippen LogP) is 0.182. The zero-order valence-electron chi connectivity index (χ0n) is 11.6. The summed E-state index contributed by atoms with van der Waals surface area (Å²) in [6, 6.07) is 5.19. The van der Waals surface area contributed by atoms with E-state index in [-0.39, 0.29) is 5.91 Å². The van der Waals surface area contributed by atoms with E-state index in [1.54, 1.807) is 32.3 Å². The standard InChI is InChI=1S/C13H17B2N3O/c1-9-7-18(8-9)13(14,15)11-6-4-5-10(16-11)12(19)17(2)3/h4-6,9H,7-8H2,1-3H3. The molecule has 1 aliphatic heterocycles. The molecule has 0 unspecified atom stereocenters. The van der Waals surface area contributed by atoms with Crippen molar-refractivity contribution >= 4 is 21.6 Å². The Labute approximate surface area is 117 Å². The summed E-state index contributed by atoms with van der Waals surface area (Å²) in [5, 5.41) is -1.12. The van der Waals surface area contributed by atoms with Crippen LogP contribution in [0.1, 0.15) is 23.1 Å². The Kier molecular flexibility index (Phi) is 3.72. The predicted molar refractivity (Wildman–Crippen MR) is 76.2 cm³/mol. The van der Waals surface area contributed by atoms with Crippen molar-refractivity contribution in [1.82, 2.24) is 14.8 Å². The van der Waals surface area contributed by atoms with Gasteiger partial charge in [-0.25, -0.2) is 4.98 Å². The van der Waals surface area contributed by atoms with Gasteiger partial charge in [-0.05, 0) is 23.4 Å². The van der Waals surface area contributed by atoms with Gasteiger partial charge < -0.3 is 9.80 Å². The second-order valence-corrected chi connectivity index (χ2v) is 5.44. The molecule has 1 fully saturated rings. The number of amides is 1. The quantitative estimate of drug-likeness (QED) is 0.721. The Morgan fingerprint density at radius 3 is 2.58 bits per heavy atom. The van der Waals surface area contributed by atoms with Crippen LogP contribution in [0.5, 0.6) is 0 Å². The van der Waals surface area contributed by atoms with E-state index in [1.165, 1.54) is 4.90 Å². The van der Waals surface area contributed by atoms with Crippen LogP contribution >= 0.6 is 0 Å². The van der Waals surface area contributed by atoms with Crippen LogP contribution in [0.4, 0.5) is 0 Å². The number of hydrogen-bond donors (Lipinski definition) is 0. The fourth-order valence-electron chi connectivity index (χ4n) is 2.17. The van der Waals surface area contributed by atoms with Gasteiger partial charge in [0.15, 0.2) is 0 Å². The summed E-state index contributed by atoms with van der Waals surface area (Å²) in [7, 11) is 15.7. The number of carbonyl (C=O) groups excluding carboxylic acids is 1. The van der Waals surface area contributed by atoms with Gasteiger partial charge in [-0.3, -0.25) is 4.79 Å². The normalized spacial score (nSPS) is 17.0. The number of likely N-dealkylation sites (tertiary alicyclic amines) is 1. The average molecular weight is 253 g/mol. The van der Waals surface area contributed by atoms with Crippen LogP contribution in [0.3, 0.4) is 0 Å². The third kappa shape index (κ3) is 2.68. The summed E-state index contributed by atoms with van der Waals surface area (Å²) >= 11 is 0. The lowest BCUT2D eigenvalue weighted by molar-refractivity contribution is 0.0740. The van der Waals surface area contributed by atoms with Crippen molar-refractivity contribution in [3.63, 3.8) is 0 Å². The first-order valence-electron chi connectivity index (χ1n) is 6.34. The zero-order valence-corrected chi connectivity index (χ0v) is 11.6. The molecule has 1 aliphatic rings. The molecule has 0 atom stereocenters. The maximum absolute atomic E-state index is 11.9. The van der Waals surface area contributed by atoms with Gasteiger partial charge in [0.1, 0.15) is 5.69 Å². The number of pyridine rings is 1. The number of nitrogens with zero attached hydrogens (tertiary/aromatic N) is 3. The fraction of sp³-hybridized carbons (Fsp3) is 0.538. The smallest absolute Gasteiger partial charge is 0.271 e. The zero-order chi connectivity index (χ0) is 14.2. The van der Waals surface area contributed by atoms with Crippen molar-refractivity contribution in [2.45, 2.75) is 12.3 Å². The topological polar surface area (TPSA) is 36.4 Å². The molecule has 96 valence electrons. The number of hydrogen-bond acceptors (Lipinski definition) is 3. The highest BCUT2D eigenvalue weighted by molar-refractivity contribution is 6.39. The summed E-state index contributed by atoms with van der Waals surface area (Å²) in [5.74, 6) is 0.438. The molecule has 6 heteroatoms. The van der Waals surface area contributed by atoms with Crippen molar-refractivity contribution in [2.75, 3.05) is 27.2 Å². The summed E-state index contributed by atoms with van der Waals surface area (Å²) in [4.78, 5) is 19.6. The minimum absolute atomic E-state index is 0.158. The van der Waals surface area contributed by atoms with Crippen LogP contribution in [0.15, 0.2) is 18.2 Å². The molecule has 2 heterocycles. The van der Waals surface area contributed by atoms with E-state index < -0.39 is 5.34 Å². The van der Waals surface area contributed by atoms with E-state index in [1.807, 2.05) is 4.90 Å². The molecule has 4 nitrogen and oxygen atoms in total. The summed E-state index contributed by atoms with van der Waals surface area (Å²) in [6.45, 7) is 3.84. The molecule has 0 spiro atoms. The van der Waals surface area contributed by atoms with Crippen LogP contribution in [-0.4, -0.2) is 63.6 Å². The number of rotatable bonds is 3. The van der Waals surface area contributed by atoms with Crippen LogP contribution in [0, 0.1) is 5.92 Å². The molecular formula is C13H17B2N3O. The summed E-state index contributed by atoms with van der Waals surface area (Å²) in [5.41, 5.74) is 0.878. The Morgan fingerprint density at radius 1 is 1.42 bits per heavy atom. The first-order valence-corrected chi connectivity index (χ1v) is 6.34. The van der Waals surface area contributed by atoms with E-state index in [9.17, 15) is 4.79 Å². The fourth-order valence-corrected chi connectivity index (χ4v) is 2.17. The third-order valence-corrected chi connectivity index (χ3v) is 3.37. The second kappa shape index (κ2) is 5.00. The summed E-state index contributed by atoms with van der Waals surface area (Å²) < 4.78 is 0. The Hall–Kier alpha value is -1.29. The van der Waals surface area contributed by atoms with Crippen molar-refractivity contribution in [3.05, 3.63) is 29.6 Å². The van der Waals surface area contributed by atoms with Gasteiger partial charge >= 0.3 is 0 Å². The highest BCUT2D eigenvalue weighted by Crippen LogP contribution is 2.28. The SMILES string of the molecule is [B]C([B])(c1cccc(C(=O)N(C)C)n1)N1CC(C)C1. The minimum atomic E-state index is -1.12. The van der Waals surface area contributed by atoms with Gasteiger partial charge in [0.25, 0.3) is 5.91 Å². The lowest BCUT2D eigenvalue weighted by atomic mass is 9.57. The van der Waals surface area contributed by atoms with Gasteiger partial charge in [-0.1, -0.05) is 13.0 Å². The van der Waals surface area contributed by atoms with Crippen molar-refractivity contribution in [2.24, 2.45) is 5.92 Å². The maximum atomic E-state index is 11.9. The van der Waals surface area contributed by atoms with Gasteiger partial charge in [-0.15, -0.1) is 0 Å². The molecule has 0 N–H and O–H groups in total. The van der Waals surface area contributed by atoms with Gasteiger partial charge in [0.05, 0.1) is 15.7 Å². The van der Waals surface area contributed by atoms with Gasteiger partial charge in [0.2, 0.25) is 0 Å². The molecular weight excluding hydrogens is 236 g/mol. The first kappa shape index (κ1) is 14.1. The van der Waals surface area contributed by atoms with Gasteiger partial charge in [0, 0.05) is 32.9 Å². The lowest BCUT2D eigenvalue weighted by Crippen LogP contribution is -2.58. The summed E-state index contributed by atoms with van der Waals surface area (Å²) in [6.07, 6.45) is 0. The van der Waals surface area contributed by atoms with E-state index in [4.69, 9.17) is 15.7 Å². The Bertz CT molecular complexity index is 485. The molecule has 1 aromatic rings. The van der Waals surface area contributed by atoms with E-state index in [0.717, 1.165) is 13.1 Å². The molecule has 1 saturated heterocycles. The monoisotopic (exact) mass is 253 g/mol. The highest BCUT2D eigenvalue weighted by Gasteiger charge is 2.36. The minimum Gasteiger partial charge on any atom is -0.343 e. The van der Waals surface area contributed by atoms with Crippen molar-refractivity contribution < 1.29 is 4.79 Å². The van der Waals surface area contributed by atoms with E-state index in [2.05, 4.69) is 11.9 Å². The molecule has 1 amide bonds. The molecule has 2 rings (SSSR count). The van der Waals surface area contributed by atoms with Crippen LogP contribution < -0.4 is 0 Å². The first-order chi connectivity index (χ1) is 8.82. The Morgan fingerprint density at radius 2 is 2.05 bits per heavy atom. The third-order valence-electron chi connectivity index (χ3n) is 3.37. The Balaban J connectivity index is 2.25. The molecule has 0 saturated carbocycles. The van der Waals surface area contributed by atoms with E-state index in [0.29, 0.717) is 17.3 Å². The molecule has 4 radical (unpaired) electrons. The molecule has 0 aromatic carbocycles. The largest absolute Gasteiger partial charge is 0.343 e. The van der Waals surface area contributed by atoms with Crippen molar-refractivity contribution in [3.8, 4) is 0 Å². The maximum Gasteiger partial charge on any atom is 0.271 e. The number of aromatic nitrogens is 1. The molecule has 0 bridgehead atoms. The van der Waals surface area contributed by atoms with Crippen LogP contribution in [0.25, 0.3) is 0 Å². The van der Waals surface area contributed by atoms with E-state index >= 15 is 0 Å². The highest BCUT2D eigenvalue weighted by atomic mass is 16.2. The second-order valence-electron chi connectivity index (χ2n) is 5.44. The average Bonchev–Trinajstić information content (AvgIpc) is 2.34. The lowest BCUT2D eigenvalue weighted by Gasteiger charge is -2.49. The van der Waals surface area contributed by atoms with Crippen LogP contribution in [-0.2, 0) is 5.34 Å². The number of carbonyl (C=O) groups is 1. The van der Waals surface area contributed by atoms with Crippen molar-refractivity contribution in [1.29, 1.82) is 0 Å².